The van der Waals surface area contributed by atoms with Crippen LogP contribution in [0.4, 0.5) is 0 Å². The van der Waals surface area contributed by atoms with Crippen molar-refractivity contribution in [3.8, 4) is 12.3 Å². The summed E-state index contributed by atoms with van der Waals surface area (Å²) in [6.07, 6.45) is 9.43. The summed E-state index contributed by atoms with van der Waals surface area (Å²) in [5.74, 6) is 3.71. The van der Waals surface area contributed by atoms with Gasteiger partial charge in [-0.25, -0.2) is 0 Å². The number of terminal acetylenes is 1. The number of rotatable bonds is 5. The van der Waals surface area contributed by atoms with Gasteiger partial charge in [-0.2, -0.15) is 0 Å². The molecule has 0 radical (unpaired) electrons. The first-order valence-corrected chi connectivity index (χ1v) is 7.34. The fraction of sp³-hybridized carbons (Fsp3) is 0.529. The van der Waals surface area contributed by atoms with Crippen LogP contribution in [0.25, 0.3) is 0 Å². The van der Waals surface area contributed by atoms with Gasteiger partial charge < -0.3 is 5.32 Å². The zero-order valence-electron chi connectivity index (χ0n) is 11.4. The monoisotopic (exact) mass is 254 g/mol. The second kappa shape index (κ2) is 5.77. The van der Waals surface area contributed by atoms with E-state index in [1.54, 1.807) is 0 Å². The van der Waals surface area contributed by atoms with Gasteiger partial charge in [0.2, 0.25) is 0 Å². The predicted molar refractivity (Wildman–Crippen MR) is 78.9 cm³/mol. The number of nitrogens with one attached hydrogen (secondary N) is 1. The van der Waals surface area contributed by atoms with Crippen molar-refractivity contribution >= 4 is 0 Å². The van der Waals surface area contributed by atoms with Crippen molar-refractivity contribution in [2.75, 3.05) is 26.2 Å². The van der Waals surface area contributed by atoms with Crippen LogP contribution in [-0.4, -0.2) is 31.1 Å². The molecule has 0 saturated heterocycles. The number of nitrogens with zero attached hydrogens (tertiary/aromatic N) is 1. The second-order valence-corrected chi connectivity index (χ2v) is 5.80. The largest absolute Gasteiger partial charge is 0.309 e. The maximum absolute atomic E-state index is 5.51. The van der Waals surface area contributed by atoms with Crippen molar-refractivity contribution in [3.63, 3.8) is 0 Å². The van der Waals surface area contributed by atoms with Crippen LogP contribution >= 0.6 is 0 Å². The Hall–Kier alpha value is -1.30. The maximum atomic E-state index is 5.51. The molecule has 1 heterocycles. The van der Waals surface area contributed by atoms with E-state index in [9.17, 15) is 0 Å². The number of hydrogen-bond donors (Lipinski definition) is 1. The first kappa shape index (κ1) is 12.7. The van der Waals surface area contributed by atoms with Crippen LogP contribution < -0.4 is 5.32 Å². The van der Waals surface area contributed by atoms with Crippen molar-refractivity contribution in [1.29, 1.82) is 0 Å². The molecule has 100 valence electrons. The van der Waals surface area contributed by atoms with E-state index in [1.807, 2.05) is 0 Å². The fourth-order valence-corrected chi connectivity index (χ4v) is 3.01. The van der Waals surface area contributed by atoms with Crippen molar-refractivity contribution in [2.24, 2.45) is 5.92 Å². The van der Waals surface area contributed by atoms with E-state index in [4.69, 9.17) is 6.42 Å². The molecule has 0 amide bonds. The molecule has 2 aliphatic rings. The quantitative estimate of drug-likeness (QED) is 0.811. The van der Waals surface area contributed by atoms with E-state index in [1.165, 1.54) is 30.5 Å². The lowest BCUT2D eigenvalue weighted by Crippen LogP contribution is -2.40. The highest BCUT2D eigenvalue weighted by molar-refractivity contribution is 5.32. The van der Waals surface area contributed by atoms with Gasteiger partial charge in [0.15, 0.2) is 0 Å². The third-order valence-corrected chi connectivity index (χ3v) is 4.18. The number of hydrogen-bond acceptors (Lipinski definition) is 2. The summed E-state index contributed by atoms with van der Waals surface area (Å²) in [7, 11) is 0. The topological polar surface area (TPSA) is 15.3 Å². The smallest absolute Gasteiger partial charge is 0.0599 e. The Morgan fingerprint density at radius 3 is 2.89 bits per heavy atom. The Balaban J connectivity index is 1.69. The van der Waals surface area contributed by atoms with Gasteiger partial charge in [-0.3, -0.25) is 4.90 Å². The Kier molecular flexibility index (Phi) is 3.87. The van der Waals surface area contributed by atoms with Gasteiger partial charge in [0.1, 0.15) is 0 Å². The first-order valence-electron chi connectivity index (χ1n) is 7.34. The SMILES string of the molecule is C#CCN(CC1CC1)CC1NCCc2ccccc21. The molecule has 0 spiro atoms. The average molecular weight is 254 g/mol. The summed E-state index contributed by atoms with van der Waals surface area (Å²) >= 11 is 0. The normalized spacial score (nSPS) is 22.0. The molecule has 19 heavy (non-hydrogen) atoms. The lowest BCUT2D eigenvalue weighted by molar-refractivity contribution is 0.255. The van der Waals surface area contributed by atoms with Gasteiger partial charge in [0, 0.05) is 19.1 Å². The molecule has 2 nitrogen and oxygen atoms in total. The van der Waals surface area contributed by atoms with Crippen LogP contribution in [0.2, 0.25) is 0 Å². The number of benzene rings is 1. The third kappa shape index (κ3) is 3.18. The second-order valence-electron chi connectivity index (χ2n) is 5.80. The molecule has 1 aliphatic heterocycles. The molecule has 1 fully saturated rings. The summed E-state index contributed by atoms with van der Waals surface area (Å²) < 4.78 is 0. The molecule has 2 heteroatoms. The summed E-state index contributed by atoms with van der Waals surface area (Å²) in [6, 6.07) is 9.25. The van der Waals surface area contributed by atoms with E-state index < -0.39 is 0 Å². The van der Waals surface area contributed by atoms with Crippen LogP contribution in [0, 0.1) is 18.3 Å². The molecule has 1 saturated carbocycles. The van der Waals surface area contributed by atoms with E-state index >= 15 is 0 Å². The fourth-order valence-electron chi connectivity index (χ4n) is 3.01. The van der Waals surface area contributed by atoms with Gasteiger partial charge in [0.05, 0.1) is 6.54 Å². The van der Waals surface area contributed by atoms with Gasteiger partial charge in [-0.15, -0.1) is 6.42 Å². The summed E-state index contributed by atoms with van der Waals surface area (Å²) in [5, 5.41) is 3.65. The van der Waals surface area contributed by atoms with Crippen molar-refractivity contribution < 1.29 is 0 Å². The molecular formula is C17H22N2. The Labute approximate surface area is 116 Å². The van der Waals surface area contributed by atoms with Gasteiger partial charge in [-0.1, -0.05) is 30.2 Å². The first-order chi connectivity index (χ1) is 9.36. The Bertz CT molecular complexity index is 470. The Morgan fingerprint density at radius 1 is 1.26 bits per heavy atom. The van der Waals surface area contributed by atoms with Gasteiger partial charge in [0.25, 0.3) is 0 Å². The molecule has 1 N–H and O–H groups in total. The number of fused-ring (bicyclic) bond motifs is 1. The molecule has 0 aromatic heterocycles. The zero-order valence-corrected chi connectivity index (χ0v) is 11.4. The highest BCUT2D eigenvalue weighted by Crippen LogP contribution is 2.31. The molecule has 1 aromatic rings. The molecule has 1 aliphatic carbocycles. The zero-order chi connectivity index (χ0) is 13.1. The van der Waals surface area contributed by atoms with E-state index in [-0.39, 0.29) is 0 Å². The molecule has 1 aromatic carbocycles. The maximum Gasteiger partial charge on any atom is 0.0599 e. The van der Waals surface area contributed by atoms with Crippen LogP contribution in [0.1, 0.15) is 30.0 Å². The average Bonchev–Trinajstić information content (AvgIpc) is 3.23. The van der Waals surface area contributed by atoms with E-state index in [0.717, 1.165) is 32.0 Å². The summed E-state index contributed by atoms with van der Waals surface area (Å²) in [5.41, 5.74) is 2.96. The van der Waals surface area contributed by atoms with Crippen molar-refractivity contribution in [1.82, 2.24) is 10.2 Å². The van der Waals surface area contributed by atoms with Crippen LogP contribution in [0.15, 0.2) is 24.3 Å². The molecule has 1 unspecified atom stereocenters. The minimum atomic E-state index is 0.442. The highest BCUT2D eigenvalue weighted by Gasteiger charge is 2.27. The summed E-state index contributed by atoms with van der Waals surface area (Å²) in [6.45, 7) is 4.06. The molecule has 0 bridgehead atoms. The van der Waals surface area contributed by atoms with Gasteiger partial charge in [-0.05, 0) is 42.9 Å². The lowest BCUT2D eigenvalue weighted by Gasteiger charge is -2.31. The van der Waals surface area contributed by atoms with Crippen LogP contribution in [0.3, 0.4) is 0 Å². The van der Waals surface area contributed by atoms with Crippen LogP contribution in [0.5, 0.6) is 0 Å². The molecular weight excluding hydrogens is 232 g/mol. The highest BCUT2D eigenvalue weighted by atomic mass is 15.2. The van der Waals surface area contributed by atoms with Crippen LogP contribution in [-0.2, 0) is 6.42 Å². The standard InChI is InChI=1S/C17H22N2/c1-2-11-19(12-14-7-8-14)13-17-16-6-4-3-5-15(16)9-10-18-17/h1,3-6,14,17-18H,7-13H2. The minimum absolute atomic E-state index is 0.442. The minimum Gasteiger partial charge on any atom is -0.309 e. The van der Waals surface area contributed by atoms with Crippen molar-refractivity contribution in [3.05, 3.63) is 35.4 Å². The predicted octanol–water partition coefficient (Wildman–Crippen LogP) is 2.22. The van der Waals surface area contributed by atoms with E-state index in [2.05, 4.69) is 40.4 Å². The Morgan fingerprint density at radius 2 is 2.11 bits per heavy atom. The third-order valence-electron chi connectivity index (χ3n) is 4.18. The molecule has 3 rings (SSSR count). The van der Waals surface area contributed by atoms with Crippen molar-refractivity contribution in [2.45, 2.75) is 25.3 Å². The lowest BCUT2D eigenvalue weighted by atomic mass is 9.94. The summed E-state index contributed by atoms with van der Waals surface area (Å²) in [4.78, 5) is 2.44. The van der Waals surface area contributed by atoms with Gasteiger partial charge >= 0.3 is 0 Å². The van der Waals surface area contributed by atoms with E-state index in [0.29, 0.717) is 6.04 Å². The molecule has 1 atom stereocenters.